The number of amides is 1. The third-order valence-corrected chi connectivity index (χ3v) is 2.21. The van der Waals surface area contributed by atoms with Gasteiger partial charge in [-0.1, -0.05) is 13.8 Å². The van der Waals surface area contributed by atoms with Crippen molar-refractivity contribution in [3.63, 3.8) is 0 Å². The van der Waals surface area contributed by atoms with Crippen molar-refractivity contribution >= 4 is 12.1 Å². The van der Waals surface area contributed by atoms with Gasteiger partial charge >= 0.3 is 12.1 Å². The van der Waals surface area contributed by atoms with Crippen LogP contribution in [0.25, 0.3) is 0 Å². The fourth-order valence-corrected chi connectivity index (χ4v) is 1.56. The molecule has 1 amide bonds. The molecule has 0 aliphatic heterocycles. The molecule has 0 aliphatic carbocycles. The van der Waals surface area contributed by atoms with Gasteiger partial charge < -0.3 is 14.8 Å². The molecular weight excluding hydrogens is 246 g/mol. The maximum Gasteiger partial charge on any atom is 0.408 e. The van der Waals surface area contributed by atoms with Crippen LogP contribution in [0.5, 0.6) is 0 Å². The zero-order valence-corrected chi connectivity index (χ0v) is 13.1. The largest absolute Gasteiger partial charge is 0.461 e. The van der Waals surface area contributed by atoms with Gasteiger partial charge in [-0.3, -0.25) is 0 Å². The van der Waals surface area contributed by atoms with Crippen LogP contribution in [0.15, 0.2) is 0 Å². The standard InChI is InChI=1S/C14H27NO4/c1-9(2)8-10(3)18-12(16)11(4)15-13(17)19-14(5,6)7/h9-11H,8H2,1-7H3,(H,15,17)/t10-,11+/m0/s1. The first kappa shape index (κ1) is 17.7. The molecule has 5 heteroatoms. The van der Waals surface area contributed by atoms with Crippen molar-refractivity contribution in [2.45, 2.75) is 72.6 Å². The molecule has 0 heterocycles. The molecule has 0 saturated heterocycles. The predicted molar refractivity (Wildman–Crippen MR) is 73.8 cm³/mol. The fourth-order valence-electron chi connectivity index (χ4n) is 1.56. The number of ether oxygens (including phenoxy) is 2. The van der Waals surface area contributed by atoms with Gasteiger partial charge in [0.1, 0.15) is 11.6 Å². The third kappa shape index (κ3) is 9.33. The summed E-state index contributed by atoms with van der Waals surface area (Å²) in [6, 6.07) is -0.718. The second-order valence-corrected chi connectivity index (χ2v) is 6.24. The Labute approximate surface area is 116 Å². The van der Waals surface area contributed by atoms with E-state index >= 15 is 0 Å². The maximum atomic E-state index is 11.7. The number of esters is 1. The molecule has 0 spiro atoms. The molecule has 0 aliphatic rings. The van der Waals surface area contributed by atoms with E-state index in [4.69, 9.17) is 9.47 Å². The van der Waals surface area contributed by atoms with E-state index in [1.165, 1.54) is 0 Å². The highest BCUT2D eigenvalue weighted by atomic mass is 16.6. The normalized spacial score (nSPS) is 14.7. The van der Waals surface area contributed by atoms with Crippen molar-refractivity contribution in [2.75, 3.05) is 0 Å². The quantitative estimate of drug-likeness (QED) is 0.782. The van der Waals surface area contributed by atoms with Crippen molar-refractivity contribution in [1.82, 2.24) is 5.32 Å². The number of carbonyl (C=O) groups excluding carboxylic acids is 2. The lowest BCUT2D eigenvalue weighted by atomic mass is 10.1. The minimum absolute atomic E-state index is 0.157. The molecule has 0 bridgehead atoms. The molecule has 0 fully saturated rings. The molecule has 0 aromatic rings. The average molecular weight is 273 g/mol. The molecule has 0 aromatic heterocycles. The number of alkyl carbamates (subject to hydrolysis) is 1. The van der Waals surface area contributed by atoms with Gasteiger partial charge in [0.25, 0.3) is 0 Å². The molecule has 0 aromatic carbocycles. The first-order valence-corrected chi connectivity index (χ1v) is 6.71. The van der Waals surface area contributed by atoms with Crippen LogP contribution in [-0.2, 0) is 14.3 Å². The lowest BCUT2D eigenvalue weighted by Gasteiger charge is -2.22. The Morgan fingerprint density at radius 1 is 1.11 bits per heavy atom. The van der Waals surface area contributed by atoms with E-state index < -0.39 is 23.7 Å². The zero-order chi connectivity index (χ0) is 15.2. The minimum Gasteiger partial charge on any atom is -0.461 e. The molecule has 0 rings (SSSR count). The van der Waals surface area contributed by atoms with Crippen molar-refractivity contribution in [1.29, 1.82) is 0 Å². The van der Waals surface area contributed by atoms with Crippen LogP contribution < -0.4 is 5.32 Å². The second-order valence-electron chi connectivity index (χ2n) is 6.24. The van der Waals surface area contributed by atoms with Crippen LogP contribution in [0.4, 0.5) is 4.79 Å². The van der Waals surface area contributed by atoms with Crippen molar-refractivity contribution < 1.29 is 19.1 Å². The van der Waals surface area contributed by atoms with Crippen molar-refractivity contribution in [3.8, 4) is 0 Å². The van der Waals surface area contributed by atoms with Gasteiger partial charge in [-0.15, -0.1) is 0 Å². The molecule has 2 atom stereocenters. The van der Waals surface area contributed by atoms with Crippen molar-refractivity contribution in [3.05, 3.63) is 0 Å². The lowest BCUT2D eigenvalue weighted by Crippen LogP contribution is -2.43. The Balaban J connectivity index is 4.17. The average Bonchev–Trinajstić information content (AvgIpc) is 2.11. The van der Waals surface area contributed by atoms with Gasteiger partial charge in [0.05, 0.1) is 6.10 Å². The Bertz CT molecular complexity index is 307. The molecule has 0 saturated carbocycles. The first-order chi connectivity index (χ1) is 8.51. The third-order valence-electron chi connectivity index (χ3n) is 2.21. The monoisotopic (exact) mass is 273 g/mol. The SMILES string of the molecule is CC(C)C[C@H](C)OC(=O)[C@@H](C)NC(=O)OC(C)(C)C. The van der Waals surface area contributed by atoms with Crippen molar-refractivity contribution in [2.24, 2.45) is 5.92 Å². The van der Waals surface area contributed by atoms with Crippen LogP contribution in [0.1, 0.15) is 54.9 Å². The van der Waals surface area contributed by atoms with E-state index in [9.17, 15) is 9.59 Å². The minimum atomic E-state index is -0.718. The second kappa shape index (κ2) is 7.36. The molecule has 112 valence electrons. The molecule has 5 nitrogen and oxygen atoms in total. The van der Waals surface area contributed by atoms with Crippen LogP contribution in [-0.4, -0.2) is 29.8 Å². The Morgan fingerprint density at radius 3 is 2.05 bits per heavy atom. The van der Waals surface area contributed by atoms with E-state index in [0.717, 1.165) is 6.42 Å². The van der Waals surface area contributed by atoms with Crippen LogP contribution >= 0.6 is 0 Å². The Morgan fingerprint density at radius 2 is 1.63 bits per heavy atom. The van der Waals surface area contributed by atoms with E-state index in [0.29, 0.717) is 5.92 Å². The Kier molecular flexibility index (Phi) is 6.87. The van der Waals surface area contributed by atoms with Crippen LogP contribution in [0.2, 0.25) is 0 Å². The highest BCUT2D eigenvalue weighted by molar-refractivity contribution is 5.81. The van der Waals surface area contributed by atoms with Crippen LogP contribution in [0.3, 0.4) is 0 Å². The summed E-state index contributed by atoms with van der Waals surface area (Å²) in [4.78, 5) is 23.2. The maximum absolute atomic E-state index is 11.7. The summed E-state index contributed by atoms with van der Waals surface area (Å²) in [7, 11) is 0. The summed E-state index contributed by atoms with van der Waals surface area (Å²) >= 11 is 0. The highest BCUT2D eigenvalue weighted by Gasteiger charge is 2.23. The van der Waals surface area contributed by atoms with Gasteiger partial charge in [-0.05, 0) is 47.0 Å². The number of carbonyl (C=O) groups is 2. The highest BCUT2D eigenvalue weighted by Crippen LogP contribution is 2.09. The number of hydrogen-bond acceptors (Lipinski definition) is 4. The van der Waals surface area contributed by atoms with E-state index in [1.807, 2.05) is 6.92 Å². The van der Waals surface area contributed by atoms with Gasteiger partial charge in [0, 0.05) is 0 Å². The topological polar surface area (TPSA) is 64.6 Å². The first-order valence-electron chi connectivity index (χ1n) is 6.71. The smallest absolute Gasteiger partial charge is 0.408 e. The zero-order valence-electron chi connectivity index (χ0n) is 13.1. The van der Waals surface area contributed by atoms with Gasteiger partial charge in [-0.25, -0.2) is 9.59 Å². The molecule has 0 unspecified atom stereocenters. The predicted octanol–water partition coefficient (Wildman–Crippen LogP) is 2.88. The van der Waals surface area contributed by atoms with E-state index in [-0.39, 0.29) is 6.10 Å². The van der Waals surface area contributed by atoms with E-state index in [2.05, 4.69) is 19.2 Å². The summed E-state index contributed by atoms with van der Waals surface area (Å²) < 4.78 is 10.3. The molecule has 1 N–H and O–H groups in total. The number of rotatable bonds is 5. The number of hydrogen-bond donors (Lipinski definition) is 1. The summed E-state index contributed by atoms with van der Waals surface area (Å²) in [6.07, 6.45) is 0.0223. The summed E-state index contributed by atoms with van der Waals surface area (Å²) in [5, 5.41) is 2.46. The van der Waals surface area contributed by atoms with Gasteiger partial charge in [0.2, 0.25) is 0 Å². The van der Waals surface area contributed by atoms with E-state index in [1.54, 1.807) is 27.7 Å². The van der Waals surface area contributed by atoms with Gasteiger partial charge in [-0.2, -0.15) is 0 Å². The summed E-state index contributed by atoms with van der Waals surface area (Å²) in [5.74, 6) is 0.0101. The summed E-state index contributed by atoms with van der Waals surface area (Å²) in [5.41, 5.74) is -0.585. The summed E-state index contributed by atoms with van der Waals surface area (Å²) in [6.45, 7) is 12.8. The molecule has 0 radical (unpaired) electrons. The Hall–Kier alpha value is -1.26. The lowest BCUT2D eigenvalue weighted by molar-refractivity contribution is -0.150. The van der Waals surface area contributed by atoms with Gasteiger partial charge in [0.15, 0.2) is 0 Å². The van der Waals surface area contributed by atoms with Crippen LogP contribution in [0, 0.1) is 5.92 Å². The number of nitrogens with one attached hydrogen (secondary N) is 1. The molecular formula is C14H27NO4. The molecule has 19 heavy (non-hydrogen) atoms. The fraction of sp³-hybridized carbons (Fsp3) is 0.857.